The molecule has 0 radical (unpaired) electrons. The minimum Gasteiger partial charge on any atom is -0.312 e. The predicted molar refractivity (Wildman–Crippen MR) is 74.1 cm³/mol. The van der Waals surface area contributed by atoms with Crippen molar-refractivity contribution in [3.63, 3.8) is 0 Å². The largest absolute Gasteiger partial charge is 0.312 e. The molecule has 4 heteroatoms. The topological polar surface area (TPSA) is 37.8 Å². The third-order valence-corrected chi connectivity index (χ3v) is 3.41. The minimum absolute atomic E-state index is 0.677. The third-order valence-electron chi connectivity index (χ3n) is 2.11. The quantitative estimate of drug-likeness (QED) is 0.599. The normalized spacial score (nSPS) is 11.4. The lowest BCUT2D eigenvalue weighted by atomic mass is 10.2. The van der Waals surface area contributed by atoms with Crippen LogP contribution in [0, 0.1) is 11.8 Å². The van der Waals surface area contributed by atoms with Gasteiger partial charge >= 0.3 is 0 Å². The van der Waals surface area contributed by atoms with Crippen molar-refractivity contribution < 1.29 is 0 Å². The van der Waals surface area contributed by atoms with Crippen LogP contribution in [-0.2, 0) is 6.54 Å². The molecule has 0 bridgehead atoms. The summed E-state index contributed by atoms with van der Waals surface area (Å²) < 4.78 is 0. The van der Waals surface area contributed by atoms with Crippen molar-refractivity contribution in [3.05, 3.63) is 18.0 Å². The van der Waals surface area contributed by atoms with E-state index >= 15 is 0 Å². The molecule has 1 aromatic heterocycles. The summed E-state index contributed by atoms with van der Waals surface area (Å²) in [6, 6.07) is 0. The maximum absolute atomic E-state index is 4.36. The first-order valence-electron chi connectivity index (χ1n) is 6.22. The monoisotopic (exact) mass is 253 g/mol. The molecule has 96 valence electrons. The summed E-state index contributed by atoms with van der Waals surface area (Å²) in [6.45, 7) is 10.7. The standard InChI is InChI=1S/C13H23N3S/c1-10(2)5-14-6-12-7-15-13(16-8-12)17-9-11(3)4/h7-8,10-11,14H,5-6,9H2,1-4H3. The van der Waals surface area contributed by atoms with E-state index in [4.69, 9.17) is 0 Å². The van der Waals surface area contributed by atoms with E-state index in [9.17, 15) is 0 Å². The first kappa shape index (κ1) is 14.5. The summed E-state index contributed by atoms with van der Waals surface area (Å²) in [4.78, 5) is 8.72. The zero-order chi connectivity index (χ0) is 12.7. The summed E-state index contributed by atoms with van der Waals surface area (Å²) in [7, 11) is 0. The molecule has 0 unspecified atom stereocenters. The van der Waals surface area contributed by atoms with E-state index in [1.165, 1.54) is 0 Å². The highest BCUT2D eigenvalue weighted by Crippen LogP contribution is 2.15. The number of nitrogens with one attached hydrogen (secondary N) is 1. The highest BCUT2D eigenvalue weighted by Gasteiger charge is 2.01. The first-order chi connectivity index (χ1) is 8.08. The molecular weight excluding hydrogens is 230 g/mol. The van der Waals surface area contributed by atoms with Crippen molar-refractivity contribution in [2.45, 2.75) is 39.4 Å². The molecule has 1 rings (SSSR count). The van der Waals surface area contributed by atoms with E-state index < -0.39 is 0 Å². The van der Waals surface area contributed by atoms with Crippen molar-refractivity contribution in [1.29, 1.82) is 0 Å². The fraction of sp³-hybridized carbons (Fsp3) is 0.692. The molecule has 0 aliphatic rings. The van der Waals surface area contributed by atoms with Crippen LogP contribution in [0.3, 0.4) is 0 Å². The van der Waals surface area contributed by atoms with Gasteiger partial charge in [-0.25, -0.2) is 9.97 Å². The van der Waals surface area contributed by atoms with Gasteiger partial charge in [0.05, 0.1) is 0 Å². The van der Waals surface area contributed by atoms with Crippen molar-refractivity contribution in [2.75, 3.05) is 12.3 Å². The molecule has 0 fully saturated rings. The third kappa shape index (κ3) is 6.64. The lowest BCUT2D eigenvalue weighted by Gasteiger charge is -2.07. The molecule has 0 aliphatic carbocycles. The van der Waals surface area contributed by atoms with Gasteiger partial charge in [0.15, 0.2) is 5.16 Å². The van der Waals surface area contributed by atoms with Gasteiger partial charge in [0.2, 0.25) is 0 Å². The predicted octanol–water partition coefficient (Wildman–Crippen LogP) is 2.97. The average Bonchev–Trinajstić information content (AvgIpc) is 2.27. The van der Waals surface area contributed by atoms with E-state index in [1.54, 1.807) is 11.8 Å². The van der Waals surface area contributed by atoms with Gasteiger partial charge in [0.25, 0.3) is 0 Å². The zero-order valence-electron chi connectivity index (χ0n) is 11.2. The van der Waals surface area contributed by atoms with Crippen LogP contribution in [0.15, 0.2) is 17.6 Å². The van der Waals surface area contributed by atoms with E-state index in [-0.39, 0.29) is 0 Å². The van der Waals surface area contributed by atoms with Crippen molar-refractivity contribution in [1.82, 2.24) is 15.3 Å². The van der Waals surface area contributed by atoms with Gasteiger partial charge in [-0.3, -0.25) is 0 Å². The van der Waals surface area contributed by atoms with Gasteiger partial charge in [-0.15, -0.1) is 0 Å². The lowest BCUT2D eigenvalue weighted by Crippen LogP contribution is -2.19. The summed E-state index contributed by atoms with van der Waals surface area (Å²) in [5.41, 5.74) is 1.15. The number of thioether (sulfide) groups is 1. The molecule has 0 saturated heterocycles. The van der Waals surface area contributed by atoms with E-state index in [1.807, 2.05) is 12.4 Å². The highest BCUT2D eigenvalue weighted by atomic mass is 32.2. The van der Waals surface area contributed by atoms with Crippen molar-refractivity contribution in [2.24, 2.45) is 11.8 Å². The summed E-state index contributed by atoms with van der Waals surface area (Å²) in [5.74, 6) is 2.43. The van der Waals surface area contributed by atoms with Crippen LogP contribution in [0.25, 0.3) is 0 Å². The number of hydrogen-bond donors (Lipinski definition) is 1. The molecule has 0 aromatic carbocycles. The van der Waals surface area contributed by atoms with E-state index in [2.05, 4.69) is 43.0 Å². The molecule has 1 N–H and O–H groups in total. The molecule has 1 heterocycles. The Morgan fingerprint density at radius 2 is 1.76 bits per heavy atom. The van der Waals surface area contributed by atoms with Crippen LogP contribution in [0.1, 0.15) is 33.3 Å². The first-order valence-corrected chi connectivity index (χ1v) is 7.21. The molecule has 3 nitrogen and oxygen atoms in total. The Balaban J connectivity index is 2.34. The van der Waals surface area contributed by atoms with E-state index in [0.29, 0.717) is 11.8 Å². The van der Waals surface area contributed by atoms with Gasteiger partial charge in [-0.05, 0) is 18.4 Å². The van der Waals surface area contributed by atoms with Crippen LogP contribution in [-0.4, -0.2) is 22.3 Å². The van der Waals surface area contributed by atoms with Gasteiger partial charge in [-0.2, -0.15) is 0 Å². The molecule has 17 heavy (non-hydrogen) atoms. The summed E-state index contributed by atoms with van der Waals surface area (Å²) in [5, 5.41) is 4.26. The molecule has 1 aromatic rings. The van der Waals surface area contributed by atoms with Gasteiger partial charge in [-0.1, -0.05) is 39.5 Å². The molecule has 0 amide bonds. The SMILES string of the molecule is CC(C)CNCc1cnc(SCC(C)C)nc1. The Labute approximate surface area is 109 Å². The number of aromatic nitrogens is 2. The fourth-order valence-corrected chi connectivity index (χ4v) is 1.99. The van der Waals surface area contributed by atoms with Crippen LogP contribution in [0.5, 0.6) is 0 Å². The average molecular weight is 253 g/mol. The maximum Gasteiger partial charge on any atom is 0.187 e. The molecular formula is C13H23N3S. The van der Waals surface area contributed by atoms with Gasteiger partial charge in [0, 0.05) is 30.3 Å². The smallest absolute Gasteiger partial charge is 0.187 e. The number of rotatable bonds is 7. The second kappa shape index (κ2) is 7.67. The second-order valence-electron chi connectivity index (χ2n) is 5.10. The Kier molecular flexibility index (Phi) is 6.52. The zero-order valence-corrected chi connectivity index (χ0v) is 12.0. The second-order valence-corrected chi connectivity index (χ2v) is 6.09. The molecule has 0 aliphatic heterocycles. The highest BCUT2D eigenvalue weighted by molar-refractivity contribution is 7.99. The summed E-state index contributed by atoms with van der Waals surface area (Å²) >= 11 is 1.72. The Hall–Kier alpha value is -0.610. The van der Waals surface area contributed by atoms with Gasteiger partial charge in [0.1, 0.15) is 0 Å². The van der Waals surface area contributed by atoms with E-state index in [0.717, 1.165) is 29.6 Å². The van der Waals surface area contributed by atoms with Crippen molar-refractivity contribution >= 4 is 11.8 Å². The number of nitrogens with zero attached hydrogens (tertiary/aromatic N) is 2. The van der Waals surface area contributed by atoms with Crippen LogP contribution in [0.4, 0.5) is 0 Å². The molecule has 0 saturated carbocycles. The Morgan fingerprint density at radius 3 is 2.29 bits per heavy atom. The van der Waals surface area contributed by atoms with Crippen molar-refractivity contribution in [3.8, 4) is 0 Å². The Bertz CT molecular complexity index is 309. The van der Waals surface area contributed by atoms with Crippen LogP contribution < -0.4 is 5.32 Å². The van der Waals surface area contributed by atoms with Gasteiger partial charge < -0.3 is 5.32 Å². The fourth-order valence-electron chi connectivity index (χ4n) is 1.26. The lowest BCUT2D eigenvalue weighted by molar-refractivity contribution is 0.550. The van der Waals surface area contributed by atoms with Crippen LogP contribution in [0.2, 0.25) is 0 Å². The van der Waals surface area contributed by atoms with Crippen LogP contribution >= 0.6 is 11.8 Å². The molecule has 0 atom stereocenters. The minimum atomic E-state index is 0.677. The molecule has 0 spiro atoms. The number of hydrogen-bond acceptors (Lipinski definition) is 4. The summed E-state index contributed by atoms with van der Waals surface area (Å²) in [6.07, 6.45) is 3.84. The maximum atomic E-state index is 4.36. The Morgan fingerprint density at radius 1 is 1.12 bits per heavy atom.